The van der Waals surface area contributed by atoms with Crippen LogP contribution in [0.1, 0.15) is 6.42 Å². The fourth-order valence-electron chi connectivity index (χ4n) is 2.15. The maximum Gasteiger partial charge on any atom is 0.162 e. The molecule has 0 saturated carbocycles. The van der Waals surface area contributed by atoms with Crippen LogP contribution >= 0.6 is 0 Å². The average molecular weight is 301 g/mol. The van der Waals surface area contributed by atoms with Gasteiger partial charge in [-0.1, -0.05) is 36.4 Å². The Balaban J connectivity index is 2.02. The molecule has 2 heterocycles. The molecular weight excluding hydrogens is 286 g/mol. The van der Waals surface area contributed by atoms with Gasteiger partial charge in [0, 0.05) is 24.4 Å². The summed E-state index contributed by atoms with van der Waals surface area (Å²) in [6.45, 7) is 0.545. The van der Waals surface area contributed by atoms with E-state index in [1.54, 1.807) is 6.20 Å². The van der Waals surface area contributed by atoms with Gasteiger partial charge in [0.15, 0.2) is 5.82 Å². The highest BCUT2D eigenvalue weighted by atomic mass is 15.0. The molecule has 0 spiro atoms. The summed E-state index contributed by atoms with van der Waals surface area (Å²) in [6, 6.07) is 19.5. The minimum atomic E-state index is 0.420. The zero-order valence-electron chi connectivity index (χ0n) is 12.5. The van der Waals surface area contributed by atoms with E-state index in [0.717, 1.165) is 17.0 Å². The van der Waals surface area contributed by atoms with Gasteiger partial charge in [-0.3, -0.25) is 4.98 Å². The van der Waals surface area contributed by atoms with Gasteiger partial charge in [-0.15, -0.1) is 0 Å². The lowest BCUT2D eigenvalue weighted by Gasteiger charge is -2.09. The van der Waals surface area contributed by atoms with Crippen molar-refractivity contribution in [3.8, 4) is 28.8 Å². The Morgan fingerprint density at radius 2 is 1.78 bits per heavy atom. The number of anilines is 1. The third-order valence-corrected chi connectivity index (χ3v) is 3.23. The van der Waals surface area contributed by atoms with Crippen LogP contribution in [-0.2, 0) is 0 Å². The normalized spacial score (nSPS) is 10.0. The molecule has 0 fully saturated rings. The van der Waals surface area contributed by atoms with Crippen LogP contribution in [0.4, 0.5) is 5.82 Å². The van der Waals surface area contributed by atoms with Crippen LogP contribution in [0.2, 0.25) is 0 Å². The predicted molar refractivity (Wildman–Crippen MR) is 89.4 cm³/mol. The van der Waals surface area contributed by atoms with Gasteiger partial charge in [-0.2, -0.15) is 5.26 Å². The molecule has 0 radical (unpaired) electrons. The van der Waals surface area contributed by atoms with Crippen molar-refractivity contribution in [2.75, 3.05) is 11.9 Å². The highest BCUT2D eigenvalue weighted by molar-refractivity contribution is 5.65. The van der Waals surface area contributed by atoms with Crippen molar-refractivity contribution in [1.29, 1.82) is 5.26 Å². The minimum Gasteiger partial charge on any atom is -0.369 e. The maximum atomic E-state index is 8.68. The number of nitrogens with one attached hydrogen (secondary N) is 1. The lowest BCUT2D eigenvalue weighted by molar-refractivity contribution is 1.04. The lowest BCUT2D eigenvalue weighted by Crippen LogP contribution is -2.05. The number of hydrogen-bond donors (Lipinski definition) is 1. The van der Waals surface area contributed by atoms with Gasteiger partial charge in [0.25, 0.3) is 0 Å². The number of nitrogens with zero attached hydrogens (tertiary/aromatic N) is 4. The van der Waals surface area contributed by atoms with E-state index in [-0.39, 0.29) is 0 Å². The molecule has 5 nitrogen and oxygen atoms in total. The van der Waals surface area contributed by atoms with Gasteiger partial charge in [0.2, 0.25) is 0 Å². The summed E-state index contributed by atoms with van der Waals surface area (Å²) in [6.07, 6.45) is 2.16. The summed E-state index contributed by atoms with van der Waals surface area (Å²) in [7, 11) is 0. The molecule has 0 amide bonds. The van der Waals surface area contributed by atoms with E-state index in [1.165, 1.54) is 0 Å². The molecule has 0 aliphatic rings. The van der Waals surface area contributed by atoms with E-state index in [9.17, 15) is 0 Å². The van der Waals surface area contributed by atoms with Gasteiger partial charge in [-0.25, -0.2) is 9.97 Å². The van der Waals surface area contributed by atoms with Crippen molar-refractivity contribution in [1.82, 2.24) is 15.0 Å². The van der Waals surface area contributed by atoms with Crippen LogP contribution < -0.4 is 5.32 Å². The van der Waals surface area contributed by atoms with E-state index < -0.39 is 0 Å². The molecule has 0 saturated heterocycles. The first-order valence-corrected chi connectivity index (χ1v) is 7.33. The molecule has 1 aromatic carbocycles. The summed E-state index contributed by atoms with van der Waals surface area (Å²) in [5.41, 5.74) is 2.47. The lowest BCUT2D eigenvalue weighted by atomic mass is 10.2. The second kappa shape index (κ2) is 7.14. The average Bonchev–Trinajstić information content (AvgIpc) is 2.63. The highest BCUT2D eigenvalue weighted by Gasteiger charge is 2.09. The molecule has 112 valence electrons. The second-order valence-corrected chi connectivity index (χ2v) is 4.88. The van der Waals surface area contributed by atoms with Gasteiger partial charge in [0.05, 0.1) is 23.9 Å². The van der Waals surface area contributed by atoms with Crippen LogP contribution in [0.15, 0.2) is 60.8 Å². The van der Waals surface area contributed by atoms with Crippen LogP contribution in [-0.4, -0.2) is 21.5 Å². The van der Waals surface area contributed by atoms with Crippen LogP contribution in [0, 0.1) is 11.3 Å². The van der Waals surface area contributed by atoms with Crippen molar-refractivity contribution in [2.45, 2.75) is 6.42 Å². The number of benzene rings is 1. The van der Waals surface area contributed by atoms with E-state index in [4.69, 9.17) is 5.26 Å². The smallest absolute Gasteiger partial charge is 0.162 e. The Kier molecular flexibility index (Phi) is 4.55. The van der Waals surface area contributed by atoms with E-state index >= 15 is 0 Å². The topological polar surface area (TPSA) is 74.5 Å². The molecule has 3 rings (SSSR count). The Morgan fingerprint density at radius 1 is 0.957 bits per heavy atom. The van der Waals surface area contributed by atoms with Gasteiger partial charge in [0.1, 0.15) is 5.82 Å². The van der Waals surface area contributed by atoms with E-state index in [2.05, 4.69) is 26.3 Å². The Labute approximate surface area is 134 Å². The summed E-state index contributed by atoms with van der Waals surface area (Å²) in [5.74, 6) is 1.32. The third-order valence-electron chi connectivity index (χ3n) is 3.23. The minimum absolute atomic E-state index is 0.420. The largest absolute Gasteiger partial charge is 0.369 e. The van der Waals surface area contributed by atoms with Gasteiger partial charge >= 0.3 is 0 Å². The Hall–Kier alpha value is -3.26. The molecule has 0 aliphatic carbocycles. The van der Waals surface area contributed by atoms with E-state index in [0.29, 0.717) is 24.6 Å². The maximum absolute atomic E-state index is 8.68. The zero-order chi connectivity index (χ0) is 15.9. The van der Waals surface area contributed by atoms with Crippen molar-refractivity contribution in [2.24, 2.45) is 0 Å². The summed E-state index contributed by atoms with van der Waals surface area (Å²) < 4.78 is 0. The number of nitriles is 1. The third kappa shape index (κ3) is 3.69. The molecule has 2 aromatic heterocycles. The number of pyridine rings is 1. The van der Waals surface area contributed by atoms with Crippen LogP contribution in [0.25, 0.3) is 22.8 Å². The van der Waals surface area contributed by atoms with Crippen molar-refractivity contribution in [3.05, 3.63) is 60.8 Å². The molecular formula is C18H15N5. The quantitative estimate of drug-likeness (QED) is 0.730. The van der Waals surface area contributed by atoms with Crippen LogP contribution in [0.3, 0.4) is 0 Å². The molecule has 0 bridgehead atoms. The first-order chi connectivity index (χ1) is 11.4. The van der Waals surface area contributed by atoms with Crippen molar-refractivity contribution >= 4 is 5.82 Å². The summed E-state index contributed by atoms with van der Waals surface area (Å²) in [5, 5.41) is 11.8. The highest BCUT2D eigenvalue weighted by Crippen LogP contribution is 2.22. The number of aromatic nitrogens is 3. The molecule has 0 unspecified atom stereocenters. The predicted octanol–water partition coefficient (Wildman–Crippen LogP) is 3.53. The SMILES string of the molecule is N#CCCNc1cc(-c2ccccn2)nc(-c2ccccc2)n1. The zero-order valence-corrected chi connectivity index (χ0v) is 12.5. The van der Waals surface area contributed by atoms with Gasteiger partial charge in [-0.05, 0) is 12.1 Å². The Morgan fingerprint density at radius 3 is 2.52 bits per heavy atom. The van der Waals surface area contributed by atoms with Crippen molar-refractivity contribution in [3.63, 3.8) is 0 Å². The second-order valence-electron chi connectivity index (χ2n) is 4.88. The molecule has 23 heavy (non-hydrogen) atoms. The fourth-order valence-corrected chi connectivity index (χ4v) is 2.15. The molecule has 1 N–H and O–H groups in total. The number of rotatable bonds is 5. The summed E-state index contributed by atoms with van der Waals surface area (Å²) >= 11 is 0. The van der Waals surface area contributed by atoms with E-state index in [1.807, 2.05) is 54.6 Å². The number of hydrogen-bond acceptors (Lipinski definition) is 5. The molecule has 5 heteroatoms. The Bertz CT molecular complexity index is 752. The first kappa shape index (κ1) is 14.7. The standard InChI is InChI=1S/C18H15N5/c19-10-6-12-21-17-13-16(15-9-4-5-11-20-15)22-18(23-17)14-7-2-1-3-8-14/h1-5,7-9,11,13H,6,12H2,(H,21,22,23). The first-order valence-electron chi connectivity index (χ1n) is 7.33. The molecule has 0 atom stereocenters. The summed E-state index contributed by atoms with van der Waals surface area (Å²) in [4.78, 5) is 13.5. The van der Waals surface area contributed by atoms with Crippen LogP contribution in [0.5, 0.6) is 0 Å². The molecule has 3 aromatic rings. The van der Waals surface area contributed by atoms with Crippen molar-refractivity contribution < 1.29 is 0 Å². The monoisotopic (exact) mass is 301 g/mol. The molecule has 0 aliphatic heterocycles. The fraction of sp³-hybridized carbons (Fsp3) is 0.111. The van der Waals surface area contributed by atoms with Gasteiger partial charge < -0.3 is 5.32 Å².